The molecule has 1 unspecified atom stereocenters. The van der Waals surface area contributed by atoms with Gasteiger partial charge in [-0.2, -0.15) is 0 Å². The van der Waals surface area contributed by atoms with Crippen molar-refractivity contribution in [2.24, 2.45) is 0 Å². The van der Waals surface area contributed by atoms with Gasteiger partial charge in [0, 0.05) is 0 Å². The molecule has 0 aliphatic rings. The predicted molar refractivity (Wildman–Crippen MR) is 82.4 cm³/mol. The maximum atomic E-state index is 6.66. The number of hydrogen-bond acceptors (Lipinski definition) is 1. The van der Waals surface area contributed by atoms with E-state index in [9.17, 15) is 0 Å². The van der Waals surface area contributed by atoms with Crippen LogP contribution >= 0.6 is 0 Å². The van der Waals surface area contributed by atoms with Crippen molar-refractivity contribution in [3.05, 3.63) is 35.9 Å². The van der Waals surface area contributed by atoms with Gasteiger partial charge in [0.15, 0.2) is 8.32 Å². The molecule has 102 valence electrons. The Morgan fingerprint density at radius 3 is 1.89 bits per heavy atom. The minimum atomic E-state index is -1.74. The quantitative estimate of drug-likeness (QED) is 0.668. The highest BCUT2D eigenvalue weighted by Crippen LogP contribution is 2.42. The third-order valence-electron chi connectivity index (χ3n) is 4.35. The first-order valence-corrected chi connectivity index (χ1v) is 9.79. The summed E-state index contributed by atoms with van der Waals surface area (Å²) < 4.78 is 6.66. The first-order chi connectivity index (χ1) is 8.12. The Kier molecular flexibility index (Phi) is 4.45. The van der Waals surface area contributed by atoms with Crippen molar-refractivity contribution in [2.45, 2.75) is 64.8 Å². The van der Waals surface area contributed by atoms with Gasteiger partial charge in [-0.15, -0.1) is 0 Å². The van der Waals surface area contributed by atoms with Gasteiger partial charge in [-0.3, -0.25) is 0 Å². The summed E-state index contributed by atoms with van der Waals surface area (Å²) in [7, 11) is -1.74. The minimum absolute atomic E-state index is 0.162. The molecule has 1 rings (SSSR count). The molecule has 0 saturated heterocycles. The molecule has 0 heterocycles. The highest BCUT2D eigenvalue weighted by atomic mass is 28.4. The molecule has 1 aromatic rings. The Labute approximate surface area is 114 Å². The van der Waals surface area contributed by atoms with Crippen LogP contribution in [0.1, 0.15) is 46.6 Å². The minimum Gasteiger partial charge on any atom is -0.408 e. The van der Waals surface area contributed by atoms with Crippen LogP contribution in [0.3, 0.4) is 0 Å². The predicted octanol–water partition coefficient (Wildman–Crippen LogP) is 5.33. The molecular weight excluding hydrogens is 236 g/mol. The smallest absolute Gasteiger partial charge is 0.193 e. The fourth-order valence-corrected chi connectivity index (χ4v) is 3.54. The van der Waals surface area contributed by atoms with Crippen LogP contribution in [-0.4, -0.2) is 8.32 Å². The maximum absolute atomic E-state index is 6.66. The van der Waals surface area contributed by atoms with Gasteiger partial charge in [-0.1, -0.05) is 58.0 Å². The van der Waals surface area contributed by atoms with E-state index in [2.05, 4.69) is 78.0 Å². The van der Waals surface area contributed by atoms with Crippen molar-refractivity contribution in [1.29, 1.82) is 0 Å². The Morgan fingerprint density at radius 2 is 1.50 bits per heavy atom. The Balaban J connectivity index is 3.05. The normalized spacial score (nSPS) is 16.4. The summed E-state index contributed by atoms with van der Waals surface area (Å²) in [6, 6.07) is 10.6. The van der Waals surface area contributed by atoms with Crippen molar-refractivity contribution < 1.29 is 4.43 Å². The van der Waals surface area contributed by atoms with E-state index in [-0.39, 0.29) is 10.6 Å². The molecule has 0 N–H and O–H groups in total. The van der Waals surface area contributed by atoms with Gasteiger partial charge in [0.2, 0.25) is 0 Å². The largest absolute Gasteiger partial charge is 0.408 e. The monoisotopic (exact) mass is 264 g/mol. The standard InChI is InChI=1S/C16H28OSi/c1-8-16(5,14-12-10-9-11-13-14)17-18(6,7)15(2,3)4/h9-13H,8H2,1-7H3. The van der Waals surface area contributed by atoms with Crippen LogP contribution in [-0.2, 0) is 10.0 Å². The molecule has 18 heavy (non-hydrogen) atoms. The fraction of sp³-hybridized carbons (Fsp3) is 0.625. The van der Waals surface area contributed by atoms with Crippen LogP contribution in [0.2, 0.25) is 18.1 Å². The van der Waals surface area contributed by atoms with Gasteiger partial charge in [-0.05, 0) is 37.0 Å². The first kappa shape index (κ1) is 15.5. The fourth-order valence-electron chi connectivity index (χ4n) is 1.84. The van der Waals surface area contributed by atoms with E-state index in [1.165, 1.54) is 5.56 Å². The van der Waals surface area contributed by atoms with Crippen LogP contribution in [0.25, 0.3) is 0 Å². The van der Waals surface area contributed by atoms with E-state index in [0.717, 1.165) is 6.42 Å². The zero-order valence-electron chi connectivity index (χ0n) is 13.0. The molecule has 1 nitrogen and oxygen atoms in total. The van der Waals surface area contributed by atoms with E-state index in [1.807, 2.05) is 0 Å². The lowest BCUT2D eigenvalue weighted by atomic mass is 9.94. The van der Waals surface area contributed by atoms with E-state index in [1.54, 1.807) is 0 Å². The molecule has 0 spiro atoms. The van der Waals surface area contributed by atoms with Gasteiger partial charge in [0.05, 0.1) is 5.60 Å². The Bertz CT molecular complexity index is 378. The lowest BCUT2D eigenvalue weighted by Crippen LogP contribution is -2.47. The summed E-state index contributed by atoms with van der Waals surface area (Å²) in [5.74, 6) is 0. The molecule has 1 atom stereocenters. The van der Waals surface area contributed by atoms with Crippen LogP contribution in [0.15, 0.2) is 30.3 Å². The topological polar surface area (TPSA) is 9.23 Å². The van der Waals surface area contributed by atoms with Gasteiger partial charge in [0.1, 0.15) is 0 Å². The molecular formula is C16H28OSi. The highest BCUT2D eigenvalue weighted by Gasteiger charge is 2.42. The average molecular weight is 264 g/mol. The van der Waals surface area contributed by atoms with E-state index in [4.69, 9.17) is 4.43 Å². The van der Waals surface area contributed by atoms with Gasteiger partial charge < -0.3 is 4.43 Å². The van der Waals surface area contributed by atoms with Crippen LogP contribution < -0.4 is 0 Å². The molecule has 0 aliphatic carbocycles. The van der Waals surface area contributed by atoms with E-state index >= 15 is 0 Å². The maximum Gasteiger partial charge on any atom is 0.193 e. The number of benzene rings is 1. The molecule has 0 fully saturated rings. The van der Waals surface area contributed by atoms with Crippen LogP contribution in [0.5, 0.6) is 0 Å². The molecule has 0 bridgehead atoms. The summed E-state index contributed by atoms with van der Waals surface area (Å²) in [6.45, 7) is 16.0. The molecule has 1 aromatic carbocycles. The SMILES string of the molecule is CCC(C)(O[Si](C)(C)C(C)(C)C)c1ccccc1. The van der Waals surface area contributed by atoms with Crippen molar-refractivity contribution in [1.82, 2.24) is 0 Å². The van der Waals surface area contributed by atoms with Gasteiger partial charge >= 0.3 is 0 Å². The summed E-state index contributed by atoms with van der Waals surface area (Å²) in [5.41, 5.74) is 1.13. The molecule has 0 saturated carbocycles. The van der Waals surface area contributed by atoms with Gasteiger partial charge in [-0.25, -0.2) is 0 Å². The summed E-state index contributed by atoms with van der Waals surface area (Å²) in [5, 5.41) is 0.248. The third-order valence-corrected chi connectivity index (χ3v) is 8.92. The van der Waals surface area contributed by atoms with Crippen molar-refractivity contribution in [3.63, 3.8) is 0 Å². The molecule has 0 amide bonds. The Hall–Kier alpha value is -0.603. The first-order valence-electron chi connectivity index (χ1n) is 6.88. The molecule has 0 aromatic heterocycles. The lowest BCUT2D eigenvalue weighted by molar-refractivity contribution is 0.0655. The Morgan fingerprint density at radius 1 is 1.00 bits per heavy atom. The second-order valence-corrected chi connectivity index (χ2v) is 11.5. The zero-order valence-corrected chi connectivity index (χ0v) is 14.0. The average Bonchev–Trinajstić information content (AvgIpc) is 2.28. The lowest BCUT2D eigenvalue weighted by Gasteiger charge is -2.44. The summed E-state index contributed by atoms with van der Waals surface area (Å²) >= 11 is 0. The van der Waals surface area contributed by atoms with Crippen LogP contribution in [0, 0.1) is 0 Å². The van der Waals surface area contributed by atoms with Crippen molar-refractivity contribution in [2.75, 3.05) is 0 Å². The molecule has 2 heteroatoms. The van der Waals surface area contributed by atoms with Crippen LogP contribution in [0.4, 0.5) is 0 Å². The second kappa shape index (κ2) is 5.18. The van der Waals surface area contributed by atoms with Crippen molar-refractivity contribution >= 4 is 8.32 Å². The molecule has 0 aliphatic heterocycles. The summed E-state index contributed by atoms with van der Waals surface area (Å²) in [6.07, 6.45) is 1.00. The zero-order chi connectivity index (χ0) is 14.0. The molecule has 0 radical (unpaired) electrons. The van der Waals surface area contributed by atoms with E-state index < -0.39 is 8.32 Å². The summed E-state index contributed by atoms with van der Waals surface area (Å²) in [4.78, 5) is 0. The number of rotatable bonds is 4. The van der Waals surface area contributed by atoms with Gasteiger partial charge in [0.25, 0.3) is 0 Å². The third kappa shape index (κ3) is 3.24. The highest BCUT2D eigenvalue weighted by molar-refractivity contribution is 6.74. The number of hydrogen-bond donors (Lipinski definition) is 0. The second-order valence-electron chi connectivity index (χ2n) is 6.81. The van der Waals surface area contributed by atoms with Crippen molar-refractivity contribution in [3.8, 4) is 0 Å². The van der Waals surface area contributed by atoms with E-state index in [0.29, 0.717) is 0 Å².